The summed E-state index contributed by atoms with van der Waals surface area (Å²) < 4.78 is 6.53. The Kier molecular flexibility index (Phi) is 2.26. The van der Waals surface area contributed by atoms with Crippen molar-refractivity contribution in [2.24, 2.45) is 0 Å². The third kappa shape index (κ3) is 1.64. The van der Waals surface area contributed by atoms with Crippen molar-refractivity contribution in [3.05, 3.63) is 30.3 Å². The molecular formula is C12H11N3OS. The van der Waals surface area contributed by atoms with E-state index in [0.717, 1.165) is 21.7 Å². The Morgan fingerprint density at radius 2 is 2.24 bits per heavy atom. The number of nitrogen functional groups attached to an aromatic ring is 1. The standard InChI is InChI=1S/C12H11N3OS/c1-16-9-3-2-4-10-7(9)5-11(17-10)8-6-12(13)15-14-8/h2-6H,1H3,(H3,13,14,15). The van der Waals surface area contributed by atoms with E-state index in [2.05, 4.69) is 22.3 Å². The largest absolute Gasteiger partial charge is 0.496 e. The third-order valence-corrected chi connectivity index (χ3v) is 3.74. The summed E-state index contributed by atoms with van der Waals surface area (Å²) in [5.41, 5.74) is 6.54. The molecule has 4 nitrogen and oxygen atoms in total. The SMILES string of the molecule is COc1cccc2sc(-c3cc(N)n[nH]3)cc12. The Labute approximate surface area is 102 Å². The summed E-state index contributed by atoms with van der Waals surface area (Å²) in [7, 11) is 1.68. The van der Waals surface area contributed by atoms with E-state index in [1.54, 1.807) is 18.4 Å². The number of thiophene rings is 1. The van der Waals surface area contributed by atoms with Gasteiger partial charge in [-0.05, 0) is 18.2 Å². The van der Waals surface area contributed by atoms with Gasteiger partial charge in [-0.2, -0.15) is 5.10 Å². The van der Waals surface area contributed by atoms with E-state index in [9.17, 15) is 0 Å². The van der Waals surface area contributed by atoms with Gasteiger partial charge in [0.05, 0.1) is 17.7 Å². The van der Waals surface area contributed by atoms with E-state index >= 15 is 0 Å². The molecule has 0 amide bonds. The summed E-state index contributed by atoms with van der Waals surface area (Å²) in [6, 6.07) is 9.94. The van der Waals surface area contributed by atoms with E-state index in [1.807, 2.05) is 18.2 Å². The van der Waals surface area contributed by atoms with Crippen LogP contribution in [0.5, 0.6) is 5.75 Å². The minimum Gasteiger partial charge on any atom is -0.496 e. The van der Waals surface area contributed by atoms with Crippen LogP contribution in [0.1, 0.15) is 0 Å². The summed E-state index contributed by atoms with van der Waals surface area (Å²) in [6.45, 7) is 0. The summed E-state index contributed by atoms with van der Waals surface area (Å²) in [6.07, 6.45) is 0. The average molecular weight is 245 g/mol. The van der Waals surface area contributed by atoms with Gasteiger partial charge in [0.25, 0.3) is 0 Å². The fourth-order valence-electron chi connectivity index (χ4n) is 1.81. The average Bonchev–Trinajstić information content (AvgIpc) is 2.93. The molecule has 0 saturated carbocycles. The molecule has 86 valence electrons. The molecule has 0 aliphatic rings. The molecule has 0 atom stereocenters. The van der Waals surface area contributed by atoms with Crippen molar-refractivity contribution in [3.63, 3.8) is 0 Å². The molecule has 17 heavy (non-hydrogen) atoms. The first-order valence-electron chi connectivity index (χ1n) is 5.16. The van der Waals surface area contributed by atoms with Gasteiger partial charge in [-0.1, -0.05) is 6.07 Å². The Morgan fingerprint density at radius 1 is 1.35 bits per heavy atom. The number of nitrogens with two attached hydrogens (primary N) is 1. The number of aromatic amines is 1. The lowest BCUT2D eigenvalue weighted by Crippen LogP contribution is -1.81. The summed E-state index contributed by atoms with van der Waals surface area (Å²) in [5.74, 6) is 1.39. The maximum Gasteiger partial charge on any atom is 0.145 e. The van der Waals surface area contributed by atoms with Crippen molar-refractivity contribution in [1.29, 1.82) is 0 Å². The minimum absolute atomic E-state index is 0.504. The molecule has 0 unspecified atom stereocenters. The van der Waals surface area contributed by atoms with Crippen molar-refractivity contribution >= 4 is 27.2 Å². The normalized spacial score (nSPS) is 10.9. The number of nitrogens with one attached hydrogen (secondary N) is 1. The maximum absolute atomic E-state index is 5.60. The van der Waals surface area contributed by atoms with Gasteiger partial charge in [-0.3, -0.25) is 5.10 Å². The van der Waals surface area contributed by atoms with Gasteiger partial charge in [-0.15, -0.1) is 11.3 Å². The number of hydrogen-bond acceptors (Lipinski definition) is 4. The topological polar surface area (TPSA) is 63.9 Å². The number of nitrogens with zero attached hydrogens (tertiary/aromatic N) is 1. The summed E-state index contributed by atoms with van der Waals surface area (Å²) in [4.78, 5) is 1.11. The van der Waals surface area contributed by atoms with Gasteiger partial charge in [-0.25, -0.2) is 0 Å². The van der Waals surface area contributed by atoms with Crippen LogP contribution in [0.4, 0.5) is 5.82 Å². The molecule has 3 N–H and O–H groups in total. The lowest BCUT2D eigenvalue weighted by atomic mass is 10.2. The molecule has 0 fully saturated rings. The molecule has 0 spiro atoms. The first-order chi connectivity index (χ1) is 8.28. The fraction of sp³-hybridized carbons (Fsp3) is 0.0833. The lowest BCUT2D eigenvalue weighted by molar-refractivity contribution is 0.420. The van der Waals surface area contributed by atoms with Gasteiger partial charge in [0.2, 0.25) is 0 Å². The van der Waals surface area contributed by atoms with Crippen LogP contribution < -0.4 is 10.5 Å². The van der Waals surface area contributed by atoms with Gasteiger partial charge in [0, 0.05) is 16.2 Å². The maximum atomic E-state index is 5.60. The van der Waals surface area contributed by atoms with Gasteiger partial charge in [0.15, 0.2) is 0 Å². The molecule has 5 heteroatoms. The number of methoxy groups -OCH3 is 1. The molecular weight excluding hydrogens is 234 g/mol. The third-order valence-electron chi connectivity index (χ3n) is 2.60. The molecule has 1 aromatic carbocycles. The van der Waals surface area contributed by atoms with Crippen LogP contribution in [0.3, 0.4) is 0 Å². The highest BCUT2D eigenvalue weighted by Gasteiger charge is 2.09. The Morgan fingerprint density at radius 3 is 2.94 bits per heavy atom. The molecule has 0 aliphatic heterocycles. The predicted molar refractivity (Wildman–Crippen MR) is 70.4 cm³/mol. The Balaban J connectivity index is 2.19. The van der Waals surface area contributed by atoms with Crippen LogP contribution in [-0.4, -0.2) is 17.3 Å². The van der Waals surface area contributed by atoms with E-state index in [4.69, 9.17) is 10.5 Å². The van der Waals surface area contributed by atoms with Crippen LogP contribution in [0.25, 0.3) is 20.7 Å². The molecule has 2 aromatic heterocycles. The van der Waals surface area contributed by atoms with Crippen LogP contribution in [-0.2, 0) is 0 Å². The lowest BCUT2D eigenvalue weighted by Gasteiger charge is -1.99. The summed E-state index contributed by atoms with van der Waals surface area (Å²) in [5, 5.41) is 7.96. The van der Waals surface area contributed by atoms with Gasteiger partial charge >= 0.3 is 0 Å². The van der Waals surface area contributed by atoms with E-state index in [1.165, 1.54) is 4.70 Å². The van der Waals surface area contributed by atoms with E-state index in [0.29, 0.717) is 5.82 Å². The van der Waals surface area contributed by atoms with Gasteiger partial charge < -0.3 is 10.5 Å². The molecule has 3 rings (SSSR count). The number of hydrogen-bond donors (Lipinski definition) is 2. The Bertz CT molecular complexity index is 671. The highest BCUT2D eigenvalue weighted by atomic mass is 32.1. The number of rotatable bonds is 2. The monoisotopic (exact) mass is 245 g/mol. The number of benzene rings is 1. The zero-order chi connectivity index (χ0) is 11.8. The zero-order valence-corrected chi connectivity index (χ0v) is 10.0. The van der Waals surface area contributed by atoms with Crippen molar-refractivity contribution in [2.75, 3.05) is 12.8 Å². The fourth-order valence-corrected chi connectivity index (χ4v) is 2.85. The van der Waals surface area contributed by atoms with E-state index in [-0.39, 0.29) is 0 Å². The summed E-state index contributed by atoms with van der Waals surface area (Å²) >= 11 is 1.69. The highest BCUT2D eigenvalue weighted by molar-refractivity contribution is 7.22. The zero-order valence-electron chi connectivity index (χ0n) is 9.23. The van der Waals surface area contributed by atoms with Crippen LogP contribution in [0.2, 0.25) is 0 Å². The number of aromatic nitrogens is 2. The smallest absolute Gasteiger partial charge is 0.145 e. The second-order valence-electron chi connectivity index (χ2n) is 3.69. The van der Waals surface area contributed by atoms with Crippen molar-refractivity contribution in [3.8, 4) is 16.3 Å². The quantitative estimate of drug-likeness (QED) is 0.729. The number of H-pyrrole nitrogens is 1. The molecule has 0 bridgehead atoms. The van der Waals surface area contributed by atoms with Crippen LogP contribution in [0.15, 0.2) is 30.3 Å². The first kappa shape index (κ1) is 10.2. The number of ether oxygens (including phenoxy) is 1. The minimum atomic E-state index is 0.504. The van der Waals surface area contributed by atoms with Crippen molar-refractivity contribution in [1.82, 2.24) is 10.2 Å². The predicted octanol–water partition coefficient (Wildman–Crippen LogP) is 2.88. The molecule has 3 aromatic rings. The van der Waals surface area contributed by atoms with Crippen LogP contribution in [0, 0.1) is 0 Å². The second-order valence-corrected chi connectivity index (χ2v) is 4.77. The molecule has 2 heterocycles. The van der Waals surface area contributed by atoms with Crippen molar-refractivity contribution < 1.29 is 4.74 Å². The second kappa shape index (κ2) is 3.78. The first-order valence-corrected chi connectivity index (χ1v) is 5.97. The Hall–Kier alpha value is -2.01. The highest BCUT2D eigenvalue weighted by Crippen LogP contribution is 2.37. The molecule has 0 aliphatic carbocycles. The van der Waals surface area contributed by atoms with Gasteiger partial charge in [0.1, 0.15) is 11.6 Å². The number of fused-ring (bicyclic) bond motifs is 1. The van der Waals surface area contributed by atoms with Crippen molar-refractivity contribution in [2.45, 2.75) is 0 Å². The molecule has 0 radical (unpaired) electrons. The number of anilines is 1. The van der Waals surface area contributed by atoms with E-state index < -0.39 is 0 Å². The van der Waals surface area contributed by atoms with Crippen LogP contribution >= 0.6 is 11.3 Å². The molecule has 0 saturated heterocycles.